The first-order chi connectivity index (χ1) is 16.0. The van der Waals surface area contributed by atoms with Gasteiger partial charge in [-0.25, -0.2) is 0 Å². The van der Waals surface area contributed by atoms with Crippen molar-refractivity contribution in [1.82, 2.24) is 9.91 Å². The van der Waals surface area contributed by atoms with Crippen molar-refractivity contribution in [2.75, 3.05) is 32.9 Å². The molecule has 0 N–H and O–H groups in total. The molecule has 2 saturated heterocycles. The molecule has 11 heteroatoms. The van der Waals surface area contributed by atoms with E-state index in [-0.39, 0.29) is 46.6 Å². The summed E-state index contributed by atoms with van der Waals surface area (Å²) in [6, 6.07) is 4.22. The first-order valence-electron chi connectivity index (χ1n) is 10.8. The van der Waals surface area contributed by atoms with E-state index in [9.17, 15) is 24.5 Å². The van der Waals surface area contributed by atoms with Crippen molar-refractivity contribution >= 4 is 29.6 Å². The predicted molar refractivity (Wildman–Crippen MR) is 113 cm³/mol. The van der Waals surface area contributed by atoms with Crippen molar-refractivity contribution in [3.8, 4) is 5.75 Å². The number of para-hydroxylation sites is 1. The Kier molecular flexibility index (Phi) is 5.41. The van der Waals surface area contributed by atoms with Crippen LogP contribution in [0.1, 0.15) is 12.0 Å². The number of nitrogens with zero attached hydrogens (tertiary/aromatic N) is 4. The molecule has 172 valence electrons. The van der Waals surface area contributed by atoms with Gasteiger partial charge in [-0.1, -0.05) is 18.2 Å². The van der Waals surface area contributed by atoms with Crippen molar-refractivity contribution in [3.63, 3.8) is 0 Å². The molecule has 33 heavy (non-hydrogen) atoms. The van der Waals surface area contributed by atoms with E-state index in [1.807, 2.05) is 12.2 Å². The summed E-state index contributed by atoms with van der Waals surface area (Å²) in [4.78, 5) is 50.6. The average Bonchev–Trinajstić information content (AvgIpc) is 3.51. The van der Waals surface area contributed by atoms with Crippen LogP contribution in [0.2, 0.25) is 0 Å². The van der Waals surface area contributed by atoms with E-state index in [0.717, 1.165) is 11.4 Å². The summed E-state index contributed by atoms with van der Waals surface area (Å²) in [6.45, 7) is 1.29. The van der Waals surface area contributed by atoms with Gasteiger partial charge in [-0.3, -0.25) is 24.5 Å². The summed E-state index contributed by atoms with van der Waals surface area (Å²) < 4.78 is 10.8. The Morgan fingerprint density at radius 1 is 1.18 bits per heavy atom. The van der Waals surface area contributed by atoms with Crippen molar-refractivity contribution in [2.45, 2.75) is 6.42 Å². The summed E-state index contributed by atoms with van der Waals surface area (Å²) in [7, 11) is 0. The first kappa shape index (κ1) is 21.3. The summed E-state index contributed by atoms with van der Waals surface area (Å²) in [5.74, 6) is -1.84. The third-order valence-electron chi connectivity index (χ3n) is 6.68. The molecule has 2 aliphatic carbocycles. The van der Waals surface area contributed by atoms with Crippen molar-refractivity contribution < 1.29 is 28.8 Å². The molecule has 3 fully saturated rings. The van der Waals surface area contributed by atoms with Gasteiger partial charge >= 0.3 is 5.69 Å². The van der Waals surface area contributed by atoms with Gasteiger partial charge in [0.25, 0.3) is 17.7 Å². The van der Waals surface area contributed by atoms with Gasteiger partial charge in [0.05, 0.1) is 36.2 Å². The Bertz CT molecular complexity index is 1050. The molecule has 0 aromatic heterocycles. The second kappa shape index (κ2) is 8.39. The number of nitro benzene ring substituents is 1. The Morgan fingerprint density at radius 3 is 2.48 bits per heavy atom. The second-order valence-corrected chi connectivity index (χ2v) is 8.47. The van der Waals surface area contributed by atoms with Crippen LogP contribution in [0, 0.1) is 33.8 Å². The minimum atomic E-state index is -0.619. The zero-order valence-electron chi connectivity index (χ0n) is 17.7. The molecule has 2 heterocycles. The number of rotatable bonds is 6. The zero-order chi connectivity index (χ0) is 23.1. The fourth-order valence-electron chi connectivity index (χ4n) is 5.10. The molecule has 1 aromatic carbocycles. The molecule has 2 bridgehead atoms. The third-order valence-corrected chi connectivity index (χ3v) is 6.68. The number of hydrazone groups is 1. The maximum Gasteiger partial charge on any atom is 0.311 e. The molecule has 0 spiro atoms. The lowest BCUT2D eigenvalue weighted by Crippen LogP contribution is -2.43. The Morgan fingerprint density at radius 2 is 1.85 bits per heavy atom. The van der Waals surface area contributed by atoms with E-state index in [2.05, 4.69) is 5.10 Å². The number of carbonyl (C=O) groups excluding carboxylic acids is 3. The minimum Gasteiger partial charge on any atom is -0.476 e. The van der Waals surface area contributed by atoms with Crippen LogP contribution >= 0.6 is 0 Å². The largest absolute Gasteiger partial charge is 0.476 e. The van der Waals surface area contributed by atoms with Crippen molar-refractivity contribution in [3.05, 3.63) is 46.0 Å². The van der Waals surface area contributed by atoms with Gasteiger partial charge < -0.3 is 14.4 Å². The highest BCUT2D eigenvalue weighted by atomic mass is 16.6. The number of ether oxygens (including phenoxy) is 2. The lowest BCUT2D eigenvalue weighted by atomic mass is 9.85. The lowest BCUT2D eigenvalue weighted by Gasteiger charge is -2.26. The van der Waals surface area contributed by atoms with Gasteiger partial charge in [0.2, 0.25) is 5.75 Å². The highest BCUT2D eigenvalue weighted by Crippen LogP contribution is 2.52. The molecule has 11 nitrogen and oxygen atoms in total. The number of hydrogen-bond acceptors (Lipinski definition) is 8. The number of carbonyl (C=O) groups is 3. The standard InChI is InChI=1S/C22H22N4O7/c27-17(24-6-8-32-9-7-24)12-33-20-15(2-1-3-16(20)26(30)31)11-23-25-21(28)18-13-4-5-14(10-13)19(18)22(25)29/h1-5,11,13-14,18-19H,6-10,12H2. The summed E-state index contributed by atoms with van der Waals surface area (Å²) in [5, 5.41) is 16.5. The molecule has 2 aliphatic heterocycles. The molecule has 0 radical (unpaired) electrons. The molecule has 4 atom stereocenters. The fourth-order valence-corrected chi connectivity index (χ4v) is 5.10. The van der Waals surface area contributed by atoms with Crippen LogP contribution in [0.25, 0.3) is 0 Å². The van der Waals surface area contributed by atoms with Gasteiger partial charge in [-0.05, 0) is 24.3 Å². The van der Waals surface area contributed by atoms with Crippen molar-refractivity contribution in [1.29, 1.82) is 0 Å². The Hall–Kier alpha value is -3.60. The molecule has 5 rings (SSSR count). The molecular formula is C22H22N4O7. The number of nitro groups is 1. The van der Waals surface area contributed by atoms with E-state index in [1.165, 1.54) is 24.4 Å². The quantitative estimate of drug-likeness (QED) is 0.206. The zero-order valence-corrected chi connectivity index (χ0v) is 17.7. The smallest absolute Gasteiger partial charge is 0.311 e. The number of allylic oxidation sites excluding steroid dienone is 2. The minimum absolute atomic E-state index is 0.0551. The number of morpholine rings is 1. The van der Waals surface area contributed by atoms with E-state index < -0.39 is 23.4 Å². The van der Waals surface area contributed by atoms with Gasteiger partial charge in [-0.2, -0.15) is 10.1 Å². The number of imide groups is 1. The maximum atomic E-state index is 12.8. The van der Waals surface area contributed by atoms with Crippen LogP contribution in [-0.4, -0.2) is 71.7 Å². The Labute approximate surface area is 188 Å². The molecule has 4 aliphatic rings. The fraction of sp³-hybridized carbons (Fsp3) is 0.455. The highest BCUT2D eigenvalue weighted by Gasteiger charge is 2.59. The topological polar surface area (TPSA) is 132 Å². The maximum absolute atomic E-state index is 12.8. The number of hydrogen-bond donors (Lipinski definition) is 0. The van der Waals surface area contributed by atoms with E-state index >= 15 is 0 Å². The molecular weight excluding hydrogens is 432 g/mol. The van der Waals surface area contributed by atoms with E-state index in [0.29, 0.717) is 26.3 Å². The summed E-state index contributed by atoms with van der Waals surface area (Å²) in [6.07, 6.45) is 5.99. The van der Waals surface area contributed by atoms with Crippen molar-refractivity contribution in [2.24, 2.45) is 28.8 Å². The SMILES string of the molecule is O=C(COc1c(C=NN2C(=O)C3C4C=CC(C4)C3C2=O)cccc1[N+](=O)[O-])N1CCOCC1. The van der Waals surface area contributed by atoms with Crippen LogP contribution in [0.15, 0.2) is 35.5 Å². The third kappa shape index (κ3) is 3.67. The van der Waals surface area contributed by atoms with E-state index in [4.69, 9.17) is 9.47 Å². The summed E-state index contributed by atoms with van der Waals surface area (Å²) >= 11 is 0. The number of benzene rings is 1. The molecule has 3 amide bonds. The highest BCUT2D eigenvalue weighted by molar-refractivity contribution is 6.07. The van der Waals surface area contributed by atoms with Crippen LogP contribution in [0.4, 0.5) is 5.69 Å². The normalized spacial score (nSPS) is 28.1. The Balaban J connectivity index is 1.36. The molecule has 1 aromatic rings. The number of fused-ring (bicyclic) bond motifs is 5. The lowest BCUT2D eigenvalue weighted by molar-refractivity contribution is -0.385. The second-order valence-electron chi connectivity index (χ2n) is 8.47. The van der Waals surface area contributed by atoms with Crippen LogP contribution in [-0.2, 0) is 19.1 Å². The van der Waals surface area contributed by atoms with Gasteiger partial charge in [0, 0.05) is 24.7 Å². The van der Waals surface area contributed by atoms with Crippen LogP contribution < -0.4 is 4.74 Å². The molecule has 1 saturated carbocycles. The summed E-state index contributed by atoms with van der Waals surface area (Å²) in [5.41, 5.74) is -0.148. The van der Waals surface area contributed by atoms with E-state index in [1.54, 1.807) is 4.90 Å². The van der Waals surface area contributed by atoms with Crippen LogP contribution in [0.5, 0.6) is 5.75 Å². The predicted octanol–water partition coefficient (Wildman–Crippen LogP) is 0.973. The molecule has 4 unspecified atom stereocenters. The number of amides is 3. The van der Waals surface area contributed by atoms with Crippen LogP contribution in [0.3, 0.4) is 0 Å². The van der Waals surface area contributed by atoms with Gasteiger partial charge in [0.15, 0.2) is 6.61 Å². The van der Waals surface area contributed by atoms with Gasteiger partial charge in [-0.15, -0.1) is 0 Å². The van der Waals surface area contributed by atoms with Gasteiger partial charge in [0.1, 0.15) is 0 Å². The monoisotopic (exact) mass is 454 g/mol. The first-order valence-corrected chi connectivity index (χ1v) is 10.8. The average molecular weight is 454 g/mol.